The molecule has 0 saturated carbocycles. The minimum Gasteiger partial charge on any atom is -0.325 e. The second-order valence-electron chi connectivity index (χ2n) is 3.17. The standard InChI is InChI=1S/C8H13N2O/c11-8(10-6-3-7-10)9-4-1-2-5-9/h3H,1-2,4-7H2. The normalized spacial score (nSPS) is 23.6. The largest absolute Gasteiger partial charge is 0.325 e. The van der Waals surface area contributed by atoms with Gasteiger partial charge in [-0.25, -0.2) is 4.79 Å². The van der Waals surface area contributed by atoms with Gasteiger partial charge in [0.05, 0.1) is 0 Å². The van der Waals surface area contributed by atoms with Crippen molar-refractivity contribution in [3.63, 3.8) is 0 Å². The lowest BCUT2D eigenvalue weighted by Crippen LogP contribution is -2.49. The highest BCUT2D eigenvalue weighted by Gasteiger charge is 2.26. The highest BCUT2D eigenvalue weighted by atomic mass is 16.2. The average molecular weight is 153 g/mol. The van der Waals surface area contributed by atoms with Gasteiger partial charge in [-0.3, -0.25) is 0 Å². The van der Waals surface area contributed by atoms with E-state index in [9.17, 15) is 4.79 Å². The topological polar surface area (TPSA) is 23.6 Å². The van der Waals surface area contributed by atoms with Crippen molar-refractivity contribution in [2.75, 3.05) is 26.2 Å². The summed E-state index contributed by atoms with van der Waals surface area (Å²) >= 11 is 0. The molecule has 3 heteroatoms. The lowest BCUT2D eigenvalue weighted by molar-refractivity contribution is 0.154. The van der Waals surface area contributed by atoms with Crippen molar-refractivity contribution in [2.45, 2.75) is 12.8 Å². The predicted octanol–water partition coefficient (Wildman–Crippen LogP) is 0.722. The van der Waals surface area contributed by atoms with Crippen molar-refractivity contribution in [3.05, 3.63) is 6.42 Å². The number of hydrogen-bond donors (Lipinski definition) is 0. The fourth-order valence-corrected chi connectivity index (χ4v) is 1.52. The van der Waals surface area contributed by atoms with E-state index in [1.807, 2.05) is 9.80 Å². The zero-order valence-electron chi connectivity index (χ0n) is 6.62. The quantitative estimate of drug-likeness (QED) is 0.503. The summed E-state index contributed by atoms with van der Waals surface area (Å²) in [6, 6.07) is 0.241. The predicted molar refractivity (Wildman–Crippen MR) is 42.1 cm³/mol. The maximum atomic E-state index is 11.5. The first kappa shape index (κ1) is 6.95. The Morgan fingerprint density at radius 3 is 2.18 bits per heavy atom. The van der Waals surface area contributed by atoms with Gasteiger partial charge in [0.2, 0.25) is 0 Å². The molecule has 2 amide bonds. The van der Waals surface area contributed by atoms with E-state index in [4.69, 9.17) is 0 Å². The summed E-state index contributed by atoms with van der Waals surface area (Å²) in [5.41, 5.74) is 0. The third-order valence-corrected chi connectivity index (χ3v) is 2.35. The molecule has 11 heavy (non-hydrogen) atoms. The minimum atomic E-state index is 0.241. The SMILES string of the molecule is O=C(N1C[CH]C1)N1CCCC1. The molecule has 3 nitrogen and oxygen atoms in total. The number of amides is 2. The molecule has 0 bridgehead atoms. The van der Waals surface area contributed by atoms with Crippen LogP contribution in [0.1, 0.15) is 12.8 Å². The van der Waals surface area contributed by atoms with Crippen molar-refractivity contribution in [1.82, 2.24) is 9.80 Å². The van der Waals surface area contributed by atoms with Gasteiger partial charge < -0.3 is 9.80 Å². The molecule has 2 fully saturated rings. The van der Waals surface area contributed by atoms with E-state index in [1.54, 1.807) is 0 Å². The Bertz CT molecular complexity index is 159. The molecule has 1 radical (unpaired) electrons. The summed E-state index contributed by atoms with van der Waals surface area (Å²) in [6.07, 6.45) is 4.49. The van der Waals surface area contributed by atoms with Crippen molar-refractivity contribution in [1.29, 1.82) is 0 Å². The number of hydrogen-bond acceptors (Lipinski definition) is 1. The number of carbonyl (C=O) groups excluding carboxylic acids is 1. The molecule has 0 aromatic heterocycles. The second kappa shape index (κ2) is 2.72. The van der Waals surface area contributed by atoms with Crippen LogP contribution >= 0.6 is 0 Å². The molecule has 2 aliphatic rings. The van der Waals surface area contributed by atoms with E-state index in [2.05, 4.69) is 6.42 Å². The first-order chi connectivity index (χ1) is 5.38. The second-order valence-corrected chi connectivity index (χ2v) is 3.17. The number of likely N-dealkylation sites (tertiary alicyclic amines) is 2. The van der Waals surface area contributed by atoms with Gasteiger partial charge in [0.25, 0.3) is 0 Å². The number of carbonyl (C=O) groups is 1. The molecule has 2 rings (SSSR count). The van der Waals surface area contributed by atoms with Crippen LogP contribution in [0.15, 0.2) is 0 Å². The maximum absolute atomic E-state index is 11.5. The highest BCUT2D eigenvalue weighted by Crippen LogP contribution is 2.14. The third kappa shape index (κ3) is 1.19. The van der Waals surface area contributed by atoms with Crippen LogP contribution in [0, 0.1) is 6.42 Å². The van der Waals surface area contributed by atoms with Crippen molar-refractivity contribution < 1.29 is 4.79 Å². The molecule has 0 aromatic carbocycles. The average Bonchev–Trinajstić information content (AvgIpc) is 2.32. The van der Waals surface area contributed by atoms with E-state index in [0.717, 1.165) is 26.2 Å². The van der Waals surface area contributed by atoms with Crippen LogP contribution in [0.25, 0.3) is 0 Å². The van der Waals surface area contributed by atoms with E-state index in [-0.39, 0.29) is 6.03 Å². The molecule has 0 aliphatic carbocycles. The zero-order chi connectivity index (χ0) is 7.68. The molecule has 2 saturated heterocycles. The minimum absolute atomic E-state index is 0.241. The van der Waals surface area contributed by atoms with Crippen molar-refractivity contribution >= 4 is 6.03 Å². The van der Waals surface area contributed by atoms with Gasteiger partial charge in [-0.05, 0) is 12.8 Å². The first-order valence-corrected chi connectivity index (χ1v) is 4.23. The van der Waals surface area contributed by atoms with Gasteiger partial charge >= 0.3 is 6.03 Å². The lowest BCUT2D eigenvalue weighted by atomic mass is 10.2. The molecule has 0 atom stereocenters. The van der Waals surface area contributed by atoms with Crippen LogP contribution in [-0.4, -0.2) is 42.0 Å². The first-order valence-electron chi connectivity index (χ1n) is 4.23. The van der Waals surface area contributed by atoms with Crippen LogP contribution < -0.4 is 0 Å². The highest BCUT2D eigenvalue weighted by molar-refractivity contribution is 5.75. The summed E-state index contributed by atoms with van der Waals surface area (Å²) < 4.78 is 0. The van der Waals surface area contributed by atoms with Crippen LogP contribution in [0.3, 0.4) is 0 Å². The number of rotatable bonds is 0. The van der Waals surface area contributed by atoms with Crippen molar-refractivity contribution in [3.8, 4) is 0 Å². The van der Waals surface area contributed by atoms with Crippen LogP contribution in [0.2, 0.25) is 0 Å². The molecule has 0 unspecified atom stereocenters. The Morgan fingerprint density at radius 2 is 1.73 bits per heavy atom. The molecule has 2 heterocycles. The fourth-order valence-electron chi connectivity index (χ4n) is 1.52. The van der Waals surface area contributed by atoms with Gasteiger partial charge in [0.1, 0.15) is 0 Å². The summed E-state index contributed by atoms with van der Waals surface area (Å²) in [5, 5.41) is 0. The van der Waals surface area contributed by atoms with Crippen LogP contribution in [0.5, 0.6) is 0 Å². The Labute approximate surface area is 67.0 Å². The molecular weight excluding hydrogens is 140 g/mol. The monoisotopic (exact) mass is 153 g/mol. The van der Waals surface area contributed by atoms with E-state index in [1.165, 1.54) is 12.8 Å². The van der Waals surface area contributed by atoms with Gasteiger partial charge in [0.15, 0.2) is 0 Å². The zero-order valence-corrected chi connectivity index (χ0v) is 6.62. The lowest BCUT2D eigenvalue weighted by Gasteiger charge is -2.34. The van der Waals surface area contributed by atoms with Gasteiger partial charge in [-0.2, -0.15) is 0 Å². The fraction of sp³-hybridized carbons (Fsp3) is 0.750. The van der Waals surface area contributed by atoms with E-state index in [0.29, 0.717) is 0 Å². The Balaban J connectivity index is 1.87. The molecule has 0 spiro atoms. The molecule has 0 N–H and O–H groups in total. The van der Waals surface area contributed by atoms with Crippen LogP contribution in [0.4, 0.5) is 4.79 Å². The van der Waals surface area contributed by atoms with Crippen LogP contribution in [-0.2, 0) is 0 Å². The number of urea groups is 1. The maximum Gasteiger partial charge on any atom is 0.320 e. The van der Waals surface area contributed by atoms with Gasteiger partial charge in [0, 0.05) is 32.6 Å². The summed E-state index contributed by atoms with van der Waals surface area (Å²) in [7, 11) is 0. The van der Waals surface area contributed by atoms with Crippen molar-refractivity contribution in [2.24, 2.45) is 0 Å². The van der Waals surface area contributed by atoms with E-state index >= 15 is 0 Å². The molecule has 61 valence electrons. The Kier molecular flexibility index (Phi) is 1.72. The van der Waals surface area contributed by atoms with Gasteiger partial charge in [-0.15, -0.1) is 0 Å². The van der Waals surface area contributed by atoms with E-state index < -0.39 is 0 Å². The Hall–Kier alpha value is -0.730. The molecular formula is C8H13N2O. The molecule has 0 aromatic rings. The molecule has 2 aliphatic heterocycles. The third-order valence-electron chi connectivity index (χ3n) is 2.35. The smallest absolute Gasteiger partial charge is 0.320 e. The summed E-state index contributed by atoms with van der Waals surface area (Å²) in [5.74, 6) is 0. The number of nitrogens with zero attached hydrogens (tertiary/aromatic N) is 2. The van der Waals surface area contributed by atoms with Gasteiger partial charge in [-0.1, -0.05) is 0 Å². The summed E-state index contributed by atoms with van der Waals surface area (Å²) in [6.45, 7) is 3.65. The Morgan fingerprint density at radius 1 is 1.09 bits per heavy atom. The summed E-state index contributed by atoms with van der Waals surface area (Å²) in [4.78, 5) is 15.3.